The fraction of sp³-hybridized carbons (Fsp3) is 0.455. The predicted octanol–water partition coefficient (Wildman–Crippen LogP) is 1.08. The number of hydrogen-bond donors (Lipinski definition) is 1. The highest BCUT2D eigenvalue weighted by Crippen LogP contribution is 2.23. The number of likely N-dealkylation sites (tertiary alicyclic amines) is 1. The second kappa shape index (κ2) is 5.50. The third-order valence-corrected chi connectivity index (χ3v) is 3.37. The number of carbonyl (C=O) groups is 1. The van der Waals surface area contributed by atoms with Crippen molar-refractivity contribution in [2.75, 3.05) is 20.1 Å². The number of aromatic nitrogens is 1. The van der Waals surface area contributed by atoms with Gasteiger partial charge >= 0.3 is 0 Å². The minimum atomic E-state index is -0.623. The monoisotopic (exact) mass is 284 g/mol. The van der Waals surface area contributed by atoms with Crippen molar-refractivity contribution in [3.8, 4) is 0 Å². The molecule has 0 aliphatic carbocycles. The lowest BCUT2D eigenvalue weighted by Gasteiger charge is -2.16. The van der Waals surface area contributed by atoms with E-state index in [1.165, 1.54) is 6.07 Å². The van der Waals surface area contributed by atoms with Gasteiger partial charge in [0.25, 0.3) is 11.6 Å². The lowest BCUT2D eigenvalue weighted by Crippen LogP contribution is -2.33. The van der Waals surface area contributed by atoms with Gasteiger partial charge in [0.15, 0.2) is 0 Å². The Kier molecular flexibility index (Phi) is 3.96. The standard InChI is InChI=1S/C11H13ClN4O3/c1-13-7-2-3-15(6-7)11(17)8-4-10(12)14-5-9(8)16(18)19/h4-5,7,13H,2-3,6H2,1H3. The Morgan fingerprint density at radius 2 is 2.42 bits per heavy atom. The van der Waals surface area contributed by atoms with Crippen molar-refractivity contribution < 1.29 is 9.72 Å². The quantitative estimate of drug-likeness (QED) is 0.510. The van der Waals surface area contributed by atoms with E-state index in [0.29, 0.717) is 13.1 Å². The van der Waals surface area contributed by atoms with E-state index < -0.39 is 4.92 Å². The minimum Gasteiger partial charge on any atom is -0.337 e. The van der Waals surface area contributed by atoms with Gasteiger partial charge in [0.05, 0.1) is 4.92 Å². The first-order valence-corrected chi connectivity index (χ1v) is 6.17. The van der Waals surface area contributed by atoms with Crippen LogP contribution in [-0.4, -0.2) is 46.9 Å². The Balaban J connectivity index is 2.28. The molecule has 0 bridgehead atoms. The maximum Gasteiger partial charge on any atom is 0.300 e. The van der Waals surface area contributed by atoms with Gasteiger partial charge in [0.2, 0.25) is 0 Å². The summed E-state index contributed by atoms with van der Waals surface area (Å²) in [4.78, 5) is 27.8. The van der Waals surface area contributed by atoms with E-state index in [4.69, 9.17) is 11.6 Å². The van der Waals surface area contributed by atoms with E-state index in [0.717, 1.165) is 12.6 Å². The van der Waals surface area contributed by atoms with Crippen molar-refractivity contribution in [3.63, 3.8) is 0 Å². The molecule has 1 saturated heterocycles. The third-order valence-electron chi connectivity index (χ3n) is 3.16. The number of rotatable bonds is 3. The Morgan fingerprint density at radius 3 is 3.00 bits per heavy atom. The number of hydrogen-bond acceptors (Lipinski definition) is 5. The largest absolute Gasteiger partial charge is 0.337 e. The first-order chi connectivity index (χ1) is 9.02. The van der Waals surface area contributed by atoms with Crippen molar-refractivity contribution >= 4 is 23.2 Å². The van der Waals surface area contributed by atoms with Crippen LogP contribution in [0.2, 0.25) is 5.15 Å². The third kappa shape index (κ3) is 2.82. The second-order valence-electron chi connectivity index (χ2n) is 4.31. The summed E-state index contributed by atoms with van der Waals surface area (Å²) < 4.78 is 0. The Morgan fingerprint density at radius 1 is 1.68 bits per heavy atom. The molecule has 0 radical (unpaired) electrons. The molecule has 1 N–H and O–H groups in total. The summed E-state index contributed by atoms with van der Waals surface area (Å²) in [6, 6.07) is 1.47. The lowest BCUT2D eigenvalue weighted by atomic mass is 10.2. The smallest absolute Gasteiger partial charge is 0.300 e. The van der Waals surface area contributed by atoms with Gasteiger partial charge < -0.3 is 10.2 Å². The van der Waals surface area contributed by atoms with Crippen LogP contribution in [0.3, 0.4) is 0 Å². The molecular weight excluding hydrogens is 272 g/mol. The lowest BCUT2D eigenvalue weighted by molar-refractivity contribution is -0.385. The van der Waals surface area contributed by atoms with Gasteiger partial charge in [-0.3, -0.25) is 14.9 Å². The number of nitrogens with zero attached hydrogens (tertiary/aromatic N) is 3. The van der Waals surface area contributed by atoms with E-state index in [1.807, 2.05) is 7.05 Å². The molecule has 19 heavy (non-hydrogen) atoms. The Bertz CT molecular complexity index is 523. The average Bonchev–Trinajstić information content (AvgIpc) is 2.86. The summed E-state index contributed by atoms with van der Waals surface area (Å²) in [7, 11) is 1.82. The molecule has 0 aromatic carbocycles. The molecule has 1 atom stereocenters. The minimum absolute atomic E-state index is 0.0123. The van der Waals surface area contributed by atoms with E-state index in [1.54, 1.807) is 4.90 Å². The first kappa shape index (κ1) is 13.7. The number of nitro groups is 1. The van der Waals surface area contributed by atoms with Crippen LogP contribution >= 0.6 is 11.6 Å². The van der Waals surface area contributed by atoms with E-state index >= 15 is 0 Å². The molecule has 8 heteroatoms. The van der Waals surface area contributed by atoms with Crippen molar-refractivity contribution in [1.29, 1.82) is 0 Å². The van der Waals surface area contributed by atoms with Gasteiger partial charge in [-0.05, 0) is 19.5 Å². The van der Waals surface area contributed by atoms with E-state index in [2.05, 4.69) is 10.3 Å². The summed E-state index contributed by atoms with van der Waals surface area (Å²) in [6.07, 6.45) is 1.84. The molecule has 0 saturated carbocycles. The summed E-state index contributed by atoms with van der Waals surface area (Å²) in [6.45, 7) is 1.11. The number of nitrogens with one attached hydrogen (secondary N) is 1. The van der Waals surface area contributed by atoms with E-state index in [9.17, 15) is 14.9 Å². The number of carbonyl (C=O) groups excluding carboxylic acids is 1. The zero-order valence-corrected chi connectivity index (χ0v) is 11.1. The Labute approximate surface area is 114 Å². The number of likely N-dealkylation sites (N-methyl/N-ethyl adjacent to an activating group) is 1. The fourth-order valence-corrected chi connectivity index (χ4v) is 2.25. The normalized spacial score (nSPS) is 18.6. The zero-order chi connectivity index (χ0) is 14.0. The maximum absolute atomic E-state index is 12.3. The molecule has 0 spiro atoms. The molecule has 1 amide bonds. The Hall–Kier alpha value is -1.73. The van der Waals surface area contributed by atoms with Crippen molar-refractivity contribution in [3.05, 3.63) is 33.1 Å². The number of pyridine rings is 1. The van der Waals surface area contributed by atoms with Crippen LogP contribution in [-0.2, 0) is 0 Å². The first-order valence-electron chi connectivity index (χ1n) is 5.79. The number of halogens is 1. The van der Waals surface area contributed by atoms with Gasteiger partial charge in [-0.15, -0.1) is 0 Å². The molecule has 102 valence electrons. The molecule has 1 unspecified atom stereocenters. The average molecular weight is 285 g/mol. The predicted molar refractivity (Wildman–Crippen MR) is 69.3 cm³/mol. The number of amides is 1. The van der Waals surface area contributed by atoms with Crippen molar-refractivity contribution in [2.45, 2.75) is 12.5 Å². The second-order valence-corrected chi connectivity index (χ2v) is 4.69. The molecule has 1 aliphatic rings. The molecule has 1 fully saturated rings. The molecule has 7 nitrogen and oxygen atoms in total. The molecule has 2 heterocycles. The van der Waals surface area contributed by atoms with Crippen LogP contribution in [0, 0.1) is 10.1 Å². The van der Waals surface area contributed by atoms with Crippen LogP contribution in [0.5, 0.6) is 0 Å². The van der Waals surface area contributed by atoms with Crippen LogP contribution in [0.1, 0.15) is 16.8 Å². The van der Waals surface area contributed by atoms with Crippen LogP contribution in [0.4, 0.5) is 5.69 Å². The summed E-state index contributed by atoms with van der Waals surface area (Å²) >= 11 is 5.71. The molecule has 1 aromatic rings. The van der Waals surface area contributed by atoms with Gasteiger partial charge in [-0.1, -0.05) is 11.6 Å². The molecule has 2 rings (SSSR count). The summed E-state index contributed by atoms with van der Waals surface area (Å²) in [5.74, 6) is -0.381. The fourth-order valence-electron chi connectivity index (χ4n) is 2.09. The topological polar surface area (TPSA) is 88.4 Å². The molecule has 1 aliphatic heterocycles. The summed E-state index contributed by atoms with van der Waals surface area (Å²) in [5.41, 5.74) is -0.330. The highest BCUT2D eigenvalue weighted by molar-refractivity contribution is 6.29. The van der Waals surface area contributed by atoms with Crippen LogP contribution < -0.4 is 5.32 Å². The van der Waals surface area contributed by atoms with Gasteiger partial charge in [0, 0.05) is 19.1 Å². The van der Waals surface area contributed by atoms with Gasteiger partial charge in [-0.25, -0.2) is 4.98 Å². The molecule has 1 aromatic heterocycles. The van der Waals surface area contributed by atoms with Crippen molar-refractivity contribution in [1.82, 2.24) is 15.2 Å². The van der Waals surface area contributed by atoms with Gasteiger partial charge in [0.1, 0.15) is 16.9 Å². The molecular formula is C11H13ClN4O3. The van der Waals surface area contributed by atoms with E-state index in [-0.39, 0.29) is 28.4 Å². The van der Waals surface area contributed by atoms with Gasteiger partial charge in [-0.2, -0.15) is 0 Å². The highest BCUT2D eigenvalue weighted by atomic mass is 35.5. The van der Waals surface area contributed by atoms with Crippen LogP contribution in [0.15, 0.2) is 12.3 Å². The summed E-state index contributed by atoms with van der Waals surface area (Å²) in [5, 5.41) is 14.1. The SMILES string of the molecule is CNC1CCN(C(=O)c2cc(Cl)ncc2[N+](=O)[O-])C1. The van der Waals surface area contributed by atoms with Crippen molar-refractivity contribution in [2.24, 2.45) is 0 Å². The highest BCUT2D eigenvalue weighted by Gasteiger charge is 2.30. The van der Waals surface area contributed by atoms with Crippen LogP contribution in [0.25, 0.3) is 0 Å². The zero-order valence-electron chi connectivity index (χ0n) is 10.3. The maximum atomic E-state index is 12.3.